The highest BCUT2D eigenvalue weighted by Crippen LogP contribution is 2.29. The molecule has 3 atom stereocenters. The minimum Gasteiger partial charge on any atom is -0.393 e. The predicted molar refractivity (Wildman–Crippen MR) is 54.5 cm³/mol. The average molecular weight is 190 g/mol. The molecule has 0 spiro atoms. The Balaban J connectivity index is 4.11. The van der Waals surface area contributed by atoms with E-state index in [2.05, 4.69) is 20.8 Å². The Hall–Kier alpha value is -0.110. The topological polar surface area (TPSA) is 20.2 Å². The number of aliphatic hydroxyl groups excluding tert-OH is 1. The average Bonchev–Trinajstić information content (AvgIpc) is 2.13. The zero-order valence-corrected chi connectivity index (χ0v) is 9.31. The Morgan fingerprint density at radius 1 is 1.31 bits per heavy atom. The first-order valence-electron chi connectivity index (χ1n) is 5.26. The van der Waals surface area contributed by atoms with Gasteiger partial charge in [0, 0.05) is 0 Å². The maximum Gasteiger partial charge on any atom is 0.131 e. The highest BCUT2D eigenvalue weighted by atomic mass is 19.1. The van der Waals surface area contributed by atoms with Crippen LogP contribution in [-0.2, 0) is 0 Å². The molecule has 1 N–H and O–H groups in total. The number of halogens is 1. The molecule has 0 bridgehead atoms. The Morgan fingerprint density at radius 2 is 1.85 bits per heavy atom. The molecule has 13 heavy (non-hydrogen) atoms. The number of hydrogen-bond donors (Lipinski definition) is 1. The van der Waals surface area contributed by atoms with Gasteiger partial charge in [0.2, 0.25) is 0 Å². The van der Waals surface area contributed by atoms with Gasteiger partial charge >= 0.3 is 0 Å². The van der Waals surface area contributed by atoms with E-state index in [1.54, 1.807) is 0 Å². The van der Waals surface area contributed by atoms with E-state index in [0.717, 1.165) is 12.8 Å². The van der Waals surface area contributed by atoms with Crippen molar-refractivity contribution in [3.05, 3.63) is 0 Å². The van der Waals surface area contributed by atoms with Gasteiger partial charge in [0.25, 0.3) is 0 Å². The second-order valence-corrected chi connectivity index (χ2v) is 4.33. The Morgan fingerprint density at radius 3 is 2.15 bits per heavy atom. The van der Waals surface area contributed by atoms with Crippen LogP contribution in [0.2, 0.25) is 0 Å². The molecule has 0 radical (unpaired) electrons. The van der Waals surface area contributed by atoms with Crippen molar-refractivity contribution >= 4 is 0 Å². The number of rotatable bonds is 6. The highest BCUT2D eigenvalue weighted by molar-refractivity contribution is 4.78. The molecular weight excluding hydrogens is 167 g/mol. The minimum atomic E-state index is -1.40. The maximum atomic E-state index is 13.5. The quantitative estimate of drug-likeness (QED) is 0.682. The normalized spacial score (nSPS) is 20.8. The molecular formula is C11H23FO. The smallest absolute Gasteiger partial charge is 0.131 e. The summed E-state index contributed by atoms with van der Waals surface area (Å²) < 4.78 is 13.5. The first-order chi connectivity index (χ1) is 5.96. The van der Waals surface area contributed by atoms with Crippen LogP contribution in [0.5, 0.6) is 0 Å². The number of alkyl halides is 1. The van der Waals surface area contributed by atoms with Crippen LogP contribution < -0.4 is 0 Å². The zero-order valence-electron chi connectivity index (χ0n) is 9.31. The Kier molecular flexibility index (Phi) is 5.54. The molecule has 0 rings (SSSR count). The van der Waals surface area contributed by atoms with Crippen LogP contribution in [0, 0.1) is 11.8 Å². The molecule has 0 saturated heterocycles. The van der Waals surface area contributed by atoms with Crippen LogP contribution in [0.15, 0.2) is 0 Å². The van der Waals surface area contributed by atoms with Gasteiger partial charge in [0.1, 0.15) is 5.67 Å². The standard InChI is InChI=1S/C11H23FO/c1-5-9(3)10(6-2)7-11(4,12)8-13/h9-10,13H,5-8H2,1-4H3. The summed E-state index contributed by atoms with van der Waals surface area (Å²) in [5, 5.41) is 8.82. The monoisotopic (exact) mass is 190 g/mol. The third kappa shape index (κ3) is 4.61. The fraction of sp³-hybridized carbons (Fsp3) is 1.00. The van der Waals surface area contributed by atoms with E-state index in [1.165, 1.54) is 6.92 Å². The van der Waals surface area contributed by atoms with E-state index in [0.29, 0.717) is 18.3 Å². The van der Waals surface area contributed by atoms with E-state index < -0.39 is 5.67 Å². The van der Waals surface area contributed by atoms with E-state index in [-0.39, 0.29) is 6.61 Å². The first kappa shape index (κ1) is 12.9. The van der Waals surface area contributed by atoms with Gasteiger partial charge in [-0.3, -0.25) is 0 Å². The molecule has 80 valence electrons. The summed E-state index contributed by atoms with van der Waals surface area (Å²) in [4.78, 5) is 0. The third-order valence-electron chi connectivity index (χ3n) is 2.99. The van der Waals surface area contributed by atoms with Crippen molar-refractivity contribution in [2.24, 2.45) is 11.8 Å². The molecule has 3 unspecified atom stereocenters. The summed E-state index contributed by atoms with van der Waals surface area (Å²) in [6.07, 6.45) is 2.56. The zero-order chi connectivity index (χ0) is 10.5. The summed E-state index contributed by atoms with van der Waals surface area (Å²) in [5.41, 5.74) is -1.40. The maximum absolute atomic E-state index is 13.5. The van der Waals surface area contributed by atoms with Crippen molar-refractivity contribution in [1.29, 1.82) is 0 Å². The lowest BCUT2D eigenvalue weighted by Gasteiger charge is -2.27. The minimum absolute atomic E-state index is 0.361. The van der Waals surface area contributed by atoms with Crippen molar-refractivity contribution in [3.8, 4) is 0 Å². The second kappa shape index (κ2) is 5.58. The van der Waals surface area contributed by atoms with Crippen molar-refractivity contribution in [1.82, 2.24) is 0 Å². The molecule has 0 saturated carbocycles. The van der Waals surface area contributed by atoms with Crippen LogP contribution in [0.4, 0.5) is 4.39 Å². The van der Waals surface area contributed by atoms with Crippen molar-refractivity contribution in [3.63, 3.8) is 0 Å². The molecule has 0 aliphatic rings. The van der Waals surface area contributed by atoms with Gasteiger partial charge in [-0.05, 0) is 25.2 Å². The van der Waals surface area contributed by atoms with Gasteiger partial charge in [0.15, 0.2) is 0 Å². The first-order valence-corrected chi connectivity index (χ1v) is 5.26. The Bertz CT molecular complexity index is 134. The van der Waals surface area contributed by atoms with Crippen LogP contribution in [0.3, 0.4) is 0 Å². The number of aliphatic hydroxyl groups is 1. The summed E-state index contributed by atoms with van der Waals surface area (Å²) in [6.45, 7) is 7.49. The molecule has 0 aliphatic carbocycles. The molecule has 0 aliphatic heterocycles. The summed E-state index contributed by atoms with van der Waals surface area (Å²) in [7, 11) is 0. The van der Waals surface area contributed by atoms with Crippen LogP contribution in [0.25, 0.3) is 0 Å². The molecule has 0 heterocycles. The molecule has 1 nitrogen and oxygen atoms in total. The summed E-state index contributed by atoms with van der Waals surface area (Å²) >= 11 is 0. The molecule has 0 aromatic heterocycles. The van der Waals surface area contributed by atoms with E-state index in [4.69, 9.17) is 5.11 Å². The van der Waals surface area contributed by atoms with Crippen LogP contribution >= 0.6 is 0 Å². The van der Waals surface area contributed by atoms with Gasteiger partial charge in [-0.15, -0.1) is 0 Å². The lowest BCUT2D eigenvalue weighted by molar-refractivity contribution is 0.0527. The molecule has 0 aromatic carbocycles. The molecule has 0 amide bonds. The predicted octanol–water partition coefficient (Wildman–Crippen LogP) is 3.17. The van der Waals surface area contributed by atoms with Crippen LogP contribution in [0.1, 0.15) is 47.0 Å². The lowest BCUT2D eigenvalue weighted by atomic mass is 9.82. The van der Waals surface area contributed by atoms with Gasteiger partial charge in [-0.1, -0.05) is 33.6 Å². The van der Waals surface area contributed by atoms with Gasteiger partial charge in [-0.25, -0.2) is 4.39 Å². The SMILES string of the molecule is CCC(C)C(CC)CC(C)(F)CO. The van der Waals surface area contributed by atoms with Crippen LogP contribution in [-0.4, -0.2) is 17.4 Å². The lowest BCUT2D eigenvalue weighted by Crippen LogP contribution is -2.29. The molecule has 2 heteroatoms. The summed E-state index contributed by atoms with van der Waals surface area (Å²) in [5.74, 6) is 0.943. The van der Waals surface area contributed by atoms with Crippen molar-refractivity contribution < 1.29 is 9.50 Å². The van der Waals surface area contributed by atoms with Crippen molar-refractivity contribution in [2.75, 3.05) is 6.61 Å². The fourth-order valence-electron chi connectivity index (χ4n) is 1.69. The fourth-order valence-corrected chi connectivity index (χ4v) is 1.69. The second-order valence-electron chi connectivity index (χ2n) is 4.33. The molecule has 0 aromatic rings. The van der Waals surface area contributed by atoms with E-state index >= 15 is 0 Å². The number of hydrogen-bond acceptors (Lipinski definition) is 1. The van der Waals surface area contributed by atoms with Gasteiger partial charge in [-0.2, -0.15) is 0 Å². The Labute approximate surface area is 81.3 Å². The van der Waals surface area contributed by atoms with Crippen molar-refractivity contribution in [2.45, 2.75) is 52.6 Å². The van der Waals surface area contributed by atoms with E-state index in [1.807, 2.05) is 0 Å². The largest absolute Gasteiger partial charge is 0.393 e. The summed E-state index contributed by atoms with van der Waals surface area (Å²) in [6, 6.07) is 0. The van der Waals surface area contributed by atoms with Gasteiger partial charge < -0.3 is 5.11 Å². The molecule has 0 fully saturated rings. The van der Waals surface area contributed by atoms with E-state index in [9.17, 15) is 4.39 Å². The third-order valence-corrected chi connectivity index (χ3v) is 2.99. The van der Waals surface area contributed by atoms with Gasteiger partial charge in [0.05, 0.1) is 6.61 Å². The highest BCUT2D eigenvalue weighted by Gasteiger charge is 2.28.